The molecule has 0 bridgehead atoms. The van der Waals surface area contributed by atoms with Gasteiger partial charge in [-0.1, -0.05) is 30.3 Å². The molecule has 2 N–H and O–H groups in total. The summed E-state index contributed by atoms with van der Waals surface area (Å²) < 4.78 is 34.4. The summed E-state index contributed by atoms with van der Waals surface area (Å²) in [5.41, 5.74) is 3.93. The first-order chi connectivity index (χ1) is 15.7. The molecule has 0 fully saturated rings. The quantitative estimate of drug-likeness (QED) is 0.507. The normalized spacial score (nSPS) is 14.0. The highest BCUT2D eigenvalue weighted by Crippen LogP contribution is 2.38. The van der Waals surface area contributed by atoms with Gasteiger partial charge in [0.25, 0.3) is 10.0 Å². The molecule has 1 aliphatic rings. The van der Waals surface area contributed by atoms with Gasteiger partial charge in [0.05, 0.1) is 18.4 Å². The highest BCUT2D eigenvalue weighted by atomic mass is 32.2. The number of aromatic hydroxyl groups is 1. The molecule has 0 spiro atoms. The minimum absolute atomic E-state index is 0.0235. The van der Waals surface area contributed by atoms with Gasteiger partial charge in [-0.05, 0) is 49.1 Å². The number of phenolic OH excluding ortho intramolecular Hbond substituents is 1. The Labute approximate surface area is 197 Å². The Hall–Kier alpha value is -2.88. The molecule has 0 saturated heterocycles. The van der Waals surface area contributed by atoms with Crippen molar-refractivity contribution in [2.75, 3.05) is 18.4 Å². The number of ether oxygens (including phenoxy) is 1. The van der Waals surface area contributed by atoms with Gasteiger partial charge in [0.2, 0.25) is 0 Å². The third-order valence-corrected chi connectivity index (χ3v) is 9.07. The second-order valence-corrected chi connectivity index (χ2v) is 11.1. The fourth-order valence-electron chi connectivity index (χ4n) is 4.00. The molecule has 174 valence electrons. The van der Waals surface area contributed by atoms with Gasteiger partial charge >= 0.3 is 5.97 Å². The van der Waals surface area contributed by atoms with Crippen LogP contribution >= 0.6 is 11.3 Å². The van der Waals surface area contributed by atoms with Crippen LogP contribution in [-0.4, -0.2) is 38.0 Å². The Morgan fingerprint density at radius 1 is 1.18 bits per heavy atom. The molecule has 3 aromatic rings. The monoisotopic (exact) mass is 486 g/mol. The number of nitrogens with one attached hydrogen (secondary N) is 1. The number of phenols is 1. The molecule has 0 atom stereocenters. The molecule has 0 aliphatic carbocycles. The van der Waals surface area contributed by atoms with E-state index in [0.29, 0.717) is 31.7 Å². The van der Waals surface area contributed by atoms with Crippen molar-refractivity contribution >= 4 is 33.0 Å². The Morgan fingerprint density at radius 3 is 2.67 bits per heavy atom. The van der Waals surface area contributed by atoms with E-state index in [9.17, 15) is 18.3 Å². The molecule has 0 saturated carbocycles. The number of nitrogens with zero attached hydrogens (tertiary/aromatic N) is 1. The SMILES string of the molecule is COC(=O)c1c(S(=O)(=O)Nc2cccc(C)c2C)sc2c1CCN(Cc1ccccc1O)C2. The van der Waals surface area contributed by atoms with E-state index in [-0.39, 0.29) is 15.5 Å². The Kier molecular flexibility index (Phi) is 6.47. The van der Waals surface area contributed by atoms with Gasteiger partial charge in [-0.15, -0.1) is 11.3 Å². The van der Waals surface area contributed by atoms with Crippen molar-refractivity contribution < 1.29 is 23.1 Å². The predicted octanol–water partition coefficient (Wildman–Crippen LogP) is 4.22. The maximum atomic E-state index is 13.4. The minimum atomic E-state index is -4.01. The van der Waals surface area contributed by atoms with Crippen LogP contribution in [0.2, 0.25) is 0 Å². The molecule has 2 aromatic carbocycles. The lowest BCUT2D eigenvalue weighted by molar-refractivity contribution is 0.0595. The number of carbonyl (C=O) groups excluding carboxylic acids is 1. The number of anilines is 1. The standard InChI is InChI=1S/C24H26N2O5S2/c1-15-7-6-9-19(16(15)2)25-33(29,30)24-22(23(28)31-3)18-11-12-26(14-21(18)32-24)13-17-8-4-5-10-20(17)27/h4-10,25,27H,11-14H2,1-3H3. The number of benzene rings is 2. The lowest BCUT2D eigenvalue weighted by atomic mass is 10.0. The number of fused-ring (bicyclic) bond motifs is 1. The van der Waals surface area contributed by atoms with Gasteiger partial charge in [-0.2, -0.15) is 0 Å². The van der Waals surface area contributed by atoms with Crippen LogP contribution in [0.3, 0.4) is 0 Å². The van der Waals surface area contributed by atoms with Gasteiger partial charge in [0.1, 0.15) is 5.75 Å². The third-order valence-electron chi connectivity index (χ3n) is 5.97. The molecule has 33 heavy (non-hydrogen) atoms. The maximum absolute atomic E-state index is 13.4. The van der Waals surface area contributed by atoms with E-state index >= 15 is 0 Å². The molecule has 7 nitrogen and oxygen atoms in total. The van der Waals surface area contributed by atoms with Crippen LogP contribution in [-0.2, 0) is 34.3 Å². The average molecular weight is 487 g/mol. The summed E-state index contributed by atoms with van der Waals surface area (Å²) in [5, 5.41) is 10.1. The van der Waals surface area contributed by atoms with Crippen LogP contribution < -0.4 is 4.72 Å². The van der Waals surface area contributed by atoms with E-state index in [2.05, 4.69) is 9.62 Å². The number of methoxy groups -OCH3 is 1. The first kappa shape index (κ1) is 23.3. The molecule has 1 aromatic heterocycles. The number of thiophene rings is 1. The van der Waals surface area contributed by atoms with Gasteiger partial charge in [0.15, 0.2) is 4.21 Å². The number of aryl methyl sites for hydroxylation is 1. The number of sulfonamides is 1. The topological polar surface area (TPSA) is 95.9 Å². The summed E-state index contributed by atoms with van der Waals surface area (Å²) in [5.74, 6) is -0.422. The molecule has 2 heterocycles. The number of rotatable bonds is 6. The van der Waals surface area contributed by atoms with Crippen molar-refractivity contribution in [1.29, 1.82) is 0 Å². The summed E-state index contributed by atoms with van der Waals surface area (Å²) in [6.45, 7) is 5.41. The predicted molar refractivity (Wildman–Crippen MR) is 128 cm³/mol. The average Bonchev–Trinajstić information content (AvgIpc) is 3.18. The highest BCUT2D eigenvalue weighted by molar-refractivity contribution is 7.94. The van der Waals surface area contributed by atoms with Crippen LogP contribution in [0, 0.1) is 13.8 Å². The molecule has 4 rings (SSSR count). The number of para-hydroxylation sites is 1. The van der Waals surface area contributed by atoms with Crippen LogP contribution in [0.1, 0.15) is 37.5 Å². The summed E-state index contributed by atoms with van der Waals surface area (Å²) in [4.78, 5) is 15.6. The van der Waals surface area contributed by atoms with Gasteiger partial charge in [0, 0.05) is 30.1 Å². The van der Waals surface area contributed by atoms with Crippen molar-refractivity contribution in [3.05, 3.63) is 75.2 Å². The van der Waals surface area contributed by atoms with E-state index in [1.807, 2.05) is 32.0 Å². The highest BCUT2D eigenvalue weighted by Gasteiger charge is 2.34. The third kappa shape index (κ3) is 4.62. The molecule has 0 unspecified atom stereocenters. The van der Waals surface area contributed by atoms with Crippen LogP contribution in [0.5, 0.6) is 5.75 Å². The minimum Gasteiger partial charge on any atom is -0.508 e. The summed E-state index contributed by atoms with van der Waals surface area (Å²) in [6.07, 6.45) is 0.517. The van der Waals surface area contributed by atoms with Gasteiger partial charge in [-0.3, -0.25) is 9.62 Å². The van der Waals surface area contributed by atoms with Crippen molar-refractivity contribution in [3.63, 3.8) is 0 Å². The molecular formula is C24H26N2O5S2. The smallest absolute Gasteiger partial charge is 0.340 e. The molecule has 0 radical (unpaired) electrons. The van der Waals surface area contributed by atoms with Crippen LogP contribution in [0.15, 0.2) is 46.7 Å². The Bertz CT molecular complexity index is 1310. The zero-order chi connectivity index (χ0) is 23.8. The molecule has 1 aliphatic heterocycles. The zero-order valence-corrected chi connectivity index (χ0v) is 20.3. The lowest BCUT2D eigenvalue weighted by Crippen LogP contribution is -2.30. The second kappa shape index (κ2) is 9.17. The largest absolute Gasteiger partial charge is 0.508 e. The zero-order valence-electron chi connectivity index (χ0n) is 18.7. The fraction of sp³-hybridized carbons (Fsp3) is 0.292. The van der Waals surface area contributed by atoms with Crippen LogP contribution in [0.4, 0.5) is 5.69 Å². The van der Waals surface area contributed by atoms with Crippen molar-refractivity contribution in [2.24, 2.45) is 0 Å². The van der Waals surface area contributed by atoms with Crippen molar-refractivity contribution in [1.82, 2.24) is 4.90 Å². The summed E-state index contributed by atoms with van der Waals surface area (Å²) in [6, 6.07) is 12.6. The van der Waals surface area contributed by atoms with Crippen molar-refractivity contribution in [2.45, 2.75) is 37.6 Å². The van der Waals surface area contributed by atoms with E-state index in [0.717, 1.165) is 38.5 Å². The van der Waals surface area contributed by atoms with E-state index in [1.165, 1.54) is 7.11 Å². The summed E-state index contributed by atoms with van der Waals surface area (Å²) in [7, 11) is -2.75. The summed E-state index contributed by atoms with van der Waals surface area (Å²) >= 11 is 1.10. The maximum Gasteiger partial charge on any atom is 0.340 e. The van der Waals surface area contributed by atoms with Crippen molar-refractivity contribution in [3.8, 4) is 5.75 Å². The number of hydrogen-bond donors (Lipinski definition) is 2. The van der Waals surface area contributed by atoms with Gasteiger partial charge in [-0.25, -0.2) is 13.2 Å². The van der Waals surface area contributed by atoms with E-state index in [4.69, 9.17) is 4.74 Å². The first-order valence-electron chi connectivity index (χ1n) is 10.5. The van der Waals surface area contributed by atoms with E-state index < -0.39 is 16.0 Å². The molecule has 0 amide bonds. The van der Waals surface area contributed by atoms with E-state index in [1.54, 1.807) is 24.3 Å². The fourth-order valence-corrected chi connectivity index (χ4v) is 7.05. The first-order valence-corrected chi connectivity index (χ1v) is 12.8. The Morgan fingerprint density at radius 2 is 1.94 bits per heavy atom. The molecular weight excluding hydrogens is 460 g/mol. The second-order valence-electron chi connectivity index (χ2n) is 8.10. The molecule has 9 heteroatoms. The number of carbonyl (C=O) groups is 1. The van der Waals surface area contributed by atoms with Crippen LogP contribution in [0.25, 0.3) is 0 Å². The van der Waals surface area contributed by atoms with Gasteiger partial charge < -0.3 is 9.84 Å². The lowest BCUT2D eigenvalue weighted by Gasteiger charge is -2.27. The number of hydrogen-bond acceptors (Lipinski definition) is 7. The number of esters is 1. The Balaban J connectivity index is 1.69.